The van der Waals surface area contributed by atoms with Gasteiger partial charge in [0.2, 0.25) is 0 Å². The molecule has 0 bridgehead atoms. The average molecular weight is 265 g/mol. The molecule has 5 heteroatoms. The van der Waals surface area contributed by atoms with Crippen molar-refractivity contribution in [2.24, 2.45) is 0 Å². The summed E-state index contributed by atoms with van der Waals surface area (Å²) in [6.07, 6.45) is 1.16. The van der Waals surface area contributed by atoms with Crippen LogP contribution in [0.2, 0.25) is 0 Å². The van der Waals surface area contributed by atoms with Crippen LogP contribution >= 0.6 is 0 Å². The SMILES string of the molecule is COC(=O)CCCNCc1ccc(C(=O)OC)cc1. The molecule has 0 atom stereocenters. The van der Waals surface area contributed by atoms with Crippen LogP contribution in [0.15, 0.2) is 24.3 Å². The Kier molecular flexibility index (Phi) is 6.60. The molecular weight excluding hydrogens is 246 g/mol. The summed E-state index contributed by atoms with van der Waals surface area (Å²) >= 11 is 0. The Morgan fingerprint density at radius 2 is 1.79 bits per heavy atom. The predicted octanol–water partition coefficient (Wildman–Crippen LogP) is 1.52. The molecule has 0 heterocycles. The van der Waals surface area contributed by atoms with Crippen LogP contribution in [0.3, 0.4) is 0 Å². The van der Waals surface area contributed by atoms with E-state index in [1.807, 2.05) is 12.1 Å². The third-order valence-electron chi connectivity index (χ3n) is 2.67. The second-order valence-corrected chi connectivity index (χ2v) is 4.04. The third kappa shape index (κ3) is 5.52. The number of ether oxygens (including phenoxy) is 2. The van der Waals surface area contributed by atoms with Crippen LogP contribution in [0, 0.1) is 0 Å². The van der Waals surface area contributed by atoms with E-state index in [1.54, 1.807) is 12.1 Å². The Morgan fingerprint density at radius 1 is 1.11 bits per heavy atom. The number of benzene rings is 1. The maximum atomic E-state index is 11.2. The van der Waals surface area contributed by atoms with Crippen molar-refractivity contribution in [3.8, 4) is 0 Å². The lowest BCUT2D eigenvalue weighted by atomic mass is 10.1. The molecule has 5 nitrogen and oxygen atoms in total. The van der Waals surface area contributed by atoms with Crippen LogP contribution in [-0.4, -0.2) is 32.7 Å². The number of nitrogens with one attached hydrogen (secondary N) is 1. The van der Waals surface area contributed by atoms with Crippen molar-refractivity contribution in [3.63, 3.8) is 0 Å². The van der Waals surface area contributed by atoms with E-state index < -0.39 is 0 Å². The van der Waals surface area contributed by atoms with E-state index in [1.165, 1.54) is 14.2 Å². The van der Waals surface area contributed by atoms with Gasteiger partial charge in [0.1, 0.15) is 0 Å². The van der Waals surface area contributed by atoms with Gasteiger partial charge in [-0.3, -0.25) is 4.79 Å². The van der Waals surface area contributed by atoms with Crippen LogP contribution < -0.4 is 5.32 Å². The van der Waals surface area contributed by atoms with Crippen molar-refractivity contribution in [1.82, 2.24) is 5.32 Å². The first-order chi connectivity index (χ1) is 9.17. The van der Waals surface area contributed by atoms with Gasteiger partial charge in [-0.05, 0) is 30.7 Å². The number of esters is 2. The minimum Gasteiger partial charge on any atom is -0.469 e. The maximum absolute atomic E-state index is 11.2. The quantitative estimate of drug-likeness (QED) is 0.598. The van der Waals surface area contributed by atoms with E-state index in [4.69, 9.17) is 0 Å². The number of hydrogen-bond acceptors (Lipinski definition) is 5. The van der Waals surface area contributed by atoms with E-state index in [9.17, 15) is 9.59 Å². The Bertz CT molecular complexity index is 414. The van der Waals surface area contributed by atoms with E-state index in [0.717, 1.165) is 18.5 Å². The smallest absolute Gasteiger partial charge is 0.337 e. The lowest BCUT2D eigenvalue weighted by molar-refractivity contribution is -0.140. The first-order valence-electron chi connectivity index (χ1n) is 6.12. The number of carbonyl (C=O) groups is 2. The van der Waals surface area contributed by atoms with Crippen molar-refractivity contribution in [2.75, 3.05) is 20.8 Å². The van der Waals surface area contributed by atoms with Gasteiger partial charge in [0.05, 0.1) is 19.8 Å². The summed E-state index contributed by atoms with van der Waals surface area (Å²) < 4.78 is 9.17. The van der Waals surface area contributed by atoms with Crippen LogP contribution in [0.4, 0.5) is 0 Å². The molecule has 0 unspecified atom stereocenters. The first-order valence-corrected chi connectivity index (χ1v) is 6.12. The molecule has 0 radical (unpaired) electrons. The molecule has 0 aromatic heterocycles. The van der Waals surface area contributed by atoms with Crippen molar-refractivity contribution in [1.29, 1.82) is 0 Å². The van der Waals surface area contributed by atoms with Crippen molar-refractivity contribution < 1.29 is 19.1 Å². The zero-order chi connectivity index (χ0) is 14.1. The van der Waals surface area contributed by atoms with Gasteiger partial charge in [0.15, 0.2) is 0 Å². The highest BCUT2D eigenvalue weighted by atomic mass is 16.5. The molecule has 0 aliphatic heterocycles. The summed E-state index contributed by atoms with van der Waals surface area (Å²) in [5.74, 6) is -0.526. The van der Waals surface area contributed by atoms with Crippen LogP contribution in [-0.2, 0) is 20.8 Å². The Morgan fingerprint density at radius 3 is 2.37 bits per heavy atom. The average Bonchev–Trinajstić information content (AvgIpc) is 2.46. The van der Waals surface area contributed by atoms with Gasteiger partial charge in [0.25, 0.3) is 0 Å². The van der Waals surface area contributed by atoms with Crippen LogP contribution in [0.1, 0.15) is 28.8 Å². The maximum Gasteiger partial charge on any atom is 0.337 e. The molecule has 1 aromatic rings. The highest BCUT2D eigenvalue weighted by Crippen LogP contribution is 2.05. The number of carbonyl (C=O) groups excluding carboxylic acids is 2. The lowest BCUT2D eigenvalue weighted by Gasteiger charge is -2.05. The Labute approximate surface area is 112 Å². The first kappa shape index (κ1) is 15.2. The van der Waals surface area contributed by atoms with Gasteiger partial charge in [-0.15, -0.1) is 0 Å². The molecule has 0 saturated heterocycles. The third-order valence-corrected chi connectivity index (χ3v) is 2.67. The van der Waals surface area contributed by atoms with E-state index >= 15 is 0 Å². The van der Waals surface area contributed by atoms with E-state index in [-0.39, 0.29) is 11.9 Å². The number of hydrogen-bond donors (Lipinski definition) is 1. The molecule has 0 fully saturated rings. The molecule has 0 aliphatic rings. The highest BCUT2D eigenvalue weighted by Gasteiger charge is 2.04. The van der Waals surface area contributed by atoms with Gasteiger partial charge < -0.3 is 14.8 Å². The molecule has 0 saturated carbocycles. The lowest BCUT2D eigenvalue weighted by Crippen LogP contribution is -2.16. The molecule has 1 aromatic carbocycles. The normalized spacial score (nSPS) is 10.0. The van der Waals surface area contributed by atoms with Gasteiger partial charge in [0, 0.05) is 13.0 Å². The summed E-state index contributed by atoms with van der Waals surface area (Å²) in [6, 6.07) is 7.22. The van der Waals surface area contributed by atoms with Crippen LogP contribution in [0.5, 0.6) is 0 Å². The molecule has 1 rings (SSSR count). The predicted molar refractivity (Wildman–Crippen MR) is 70.7 cm³/mol. The van der Waals surface area contributed by atoms with Gasteiger partial charge in [-0.25, -0.2) is 4.79 Å². The van der Waals surface area contributed by atoms with Gasteiger partial charge >= 0.3 is 11.9 Å². The Hall–Kier alpha value is -1.88. The Balaban J connectivity index is 2.26. The number of rotatable bonds is 7. The summed E-state index contributed by atoms with van der Waals surface area (Å²) in [6.45, 7) is 1.44. The molecule has 104 valence electrons. The van der Waals surface area contributed by atoms with Crippen LogP contribution in [0.25, 0.3) is 0 Å². The number of methoxy groups -OCH3 is 2. The fourth-order valence-electron chi connectivity index (χ4n) is 1.57. The van der Waals surface area contributed by atoms with Crippen molar-refractivity contribution in [3.05, 3.63) is 35.4 Å². The monoisotopic (exact) mass is 265 g/mol. The summed E-state index contributed by atoms with van der Waals surface area (Å²) in [7, 11) is 2.75. The summed E-state index contributed by atoms with van der Waals surface area (Å²) in [4.78, 5) is 22.1. The topological polar surface area (TPSA) is 64.6 Å². The fourth-order valence-corrected chi connectivity index (χ4v) is 1.57. The van der Waals surface area contributed by atoms with E-state index in [2.05, 4.69) is 14.8 Å². The molecule has 0 amide bonds. The van der Waals surface area contributed by atoms with E-state index in [0.29, 0.717) is 18.5 Å². The highest BCUT2D eigenvalue weighted by molar-refractivity contribution is 5.89. The summed E-state index contributed by atoms with van der Waals surface area (Å²) in [5.41, 5.74) is 1.61. The minimum absolute atomic E-state index is 0.191. The standard InChI is InChI=1S/C14H19NO4/c1-18-13(16)4-3-9-15-10-11-5-7-12(8-6-11)14(17)19-2/h5-8,15H,3-4,9-10H2,1-2H3. The summed E-state index contributed by atoms with van der Waals surface area (Å²) in [5, 5.41) is 3.22. The zero-order valence-corrected chi connectivity index (χ0v) is 11.3. The zero-order valence-electron chi connectivity index (χ0n) is 11.3. The largest absolute Gasteiger partial charge is 0.469 e. The second kappa shape index (κ2) is 8.26. The van der Waals surface area contributed by atoms with Gasteiger partial charge in [-0.2, -0.15) is 0 Å². The second-order valence-electron chi connectivity index (χ2n) is 4.04. The van der Waals surface area contributed by atoms with Crippen molar-refractivity contribution in [2.45, 2.75) is 19.4 Å². The van der Waals surface area contributed by atoms with Gasteiger partial charge in [-0.1, -0.05) is 12.1 Å². The minimum atomic E-state index is -0.336. The molecule has 19 heavy (non-hydrogen) atoms. The van der Waals surface area contributed by atoms with Crippen molar-refractivity contribution >= 4 is 11.9 Å². The molecule has 0 aliphatic carbocycles. The molecular formula is C14H19NO4. The molecule has 0 spiro atoms. The fraction of sp³-hybridized carbons (Fsp3) is 0.429. The molecule has 1 N–H and O–H groups in total.